The maximum Gasteiger partial charge on any atom is 0.416 e. The number of carbonyl (C=O) groups excluding carboxylic acids is 1. The van der Waals surface area contributed by atoms with Crippen LogP contribution >= 0.6 is 0 Å². The molecule has 214 valence electrons. The summed E-state index contributed by atoms with van der Waals surface area (Å²) in [6, 6.07) is 12.3. The molecule has 0 unspecified atom stereocenters. The average molecular weight is 566 g/mol. The van der Waals surface area contributed by atoms with Gasteiger partial charge in [-0.2, -0.15) is 23.0 Å². The van der Waals surface area contributed by atoms with Crippen molar-refractivity contribution in [2.24, 2.45) is 0 Å². The van der Waals surface area contributed by atoms with Crippen molar-refractivity contribution in [1.82, 2.24) is 25.1 Å². The fraction of sp³-hybridized carbons (Fsp3) is 0.286. The van der Waals surface area contributed by atoms with Gasteiger partial charge in [-0.15, -0.1) is 0 Å². The van der Waals surface area contributed by atoms with Crippen LogP contribution in [0.25, 0.3) is 5.82 Å². The second kappa shape index (κ2) is 11.5. The van der Waals surface area contributed by atoms with Gasteiger partial charge >= 0.3 is 6.18 Å². The van der Waals surface area contributed by atoms with Crippen molar-refractivity contribution in [3.05, 3.63) is 77.2 Å². The zero-order valence-corrected chi connectivity index (χ0v) is 22.8. The molecule has 1 aliphatic rings. The molecule has 0 saturated carbocycles. The third-order valence-corrected chi connectivity index (χ3v) is 6.70. The van der Waals surface area contributed by atoms with E-state index in [-0.39, 0.29) is 5.56 Å². The Balaban J connectivity index is 1.41. The molecule has 0 bridgehead atoms. The number of hydrogen-bond acceptors (Lipinski definition) is 8. The Labute approximate surface area is 235 Å². The number of alkyl halides is 3. The van der Waals surface area contributed by atoms with E-state index in [2.05, 4.69) is 36.3 Å². The fourth-order valence-electron chi connectivity index (χ4n) is 4.55. The molecule has 0 atom stereocenters. The van der Waals surface area contributed by atoms with E-state index in [0.29, 0.717) is 60.7 Å². The Morgan fingerprint density at radius 2 is 1.78 bits per heavy atom. The van der Waals surface area contributed by atoms with Crippen LogP contribution in [0, 0.1) is 13.8 Å². The van der Waals surface area contributed by atoms with E-state index in [1.165, 1.54) is 12.4 Å². The Kier molecular flexibility index (Phi) is 7.79. The number of carbonyl (C=O) groups is 1. The van der Waals surface area contributed by atoms with E-state index >= 15 is 0 Å². The van der Waals surface area contributed by atoms with E-state index in [4.69, 9.17) is 0 Å². The smallest absolute Gasteiger partial charge is 0.373 e. The molecule has 1 saturated heterocycles. The first kappa shape index (κ1) is 27.9. The predicted octanol–water partition coefficient (Wildman–Crippen LogP) is 4.75. The van der Waals surface area contributed by atoms with E-state index in [0.717, 1.165) is 23.4 Å². The van der Waals surface area contributed by atoms with Gasteiger partial charge in [-0.05, 0) is 49.7 Å². The van der Waals surface area contributed by atoms with Gasteiger partial charge in [0.25, 0.3) is 5.91 Å². The molecule has 41 heavy (non-hydrogen) atoms. The number of piperazine rings is 1. The van der Waals surface area contributed by atoms with Crippen LogP contribution < -0.4 is 26.2 Å². The third-order valence-electron chi connectivity index (χ3n) is 6.70. The van der Waals surface area contributed by atoms with Gasteiger partial charge in [-0.1, -0.05) is 6.07 Å². The molecule has 3 heterocycles. The van der Waals surface area contributed by atoms with E-state index in [9.17, 15) is 18.0 Å². The predicted molar refractivity (Wildman–Crippen MR) is 152 cm³/mol. The van der Waals surface area contributed by atoms with Crippen LogP contribution in [0.1, 0.15) is 27.2 Å². The van der Waals surface area contributed by atoms with Crippen molar-refractivity contribution in [1.29, 1.82) is 0 Å². The lowest BCUT2D eigenvalue weighted by Gasteiger charge is -2.30. The Hall–Kier alpha value is -4.65. The first-order valence-electron chi connectivity index (χ1n) is 13.0. The van der Waals surface area contributed by atoms with Crippen molar-refractivity contribution in [2.75, 3.05) is 54.1 Å². The summed E-state index contributed by atoms with van der Waals surface area (Å²) in [5.74, 6) is 1.17. The quantitative estimate of drug-likeness (QED) is 0.254. The molecule has 4 aromatic rings. The topological polar surface area (TPSA) is 112 Å². The largest absolute Gasteiger partial charge is 0.416 e. The Morgan fingerprint density at radius 3 is 2.51 bits per heavy atom. The van der Waals surface area contributed by atoms with Crippen molar-refractivity contribution >= 4 is 34.6 Å². The van der Waals surface area contributed by atoms with Gasteiger partial charge in [0.2, 0.25) is 0 Å². The minimum atomic E-state index is -4.58. The summed E-state index contributed by atoms with van der Waals surface area (Å²) in [4.78, 5) is 23.5. The Morgan fingerprint density at radius 1 is 1.00 bits per heavy atom. The van der Waals surface area contributed by atoms with Crippen LogP contribution in [0.3, 0.4) is 0 Å². The highest BCUT2D eigenvalue weighted by Gasteiger charge is 2.32. The zero-order chi connectivity index (χ0) is 29.1. The summed E-state index contributed by atoms with van der Waals surface area (Å²) < 4.78 is 42.8. The van der Waals surface area contributed by atoms with Crippen molar-refractivity contribution in [3.63, 3.8) is 0 Å². The number of anilines is 5. The minimum absolute atomic E-state index is 0.0683. The highest BCUT2D eigenvalue weighted by molar-refractivity contribution is 6.05. The molecule has 1 amide bonds. The molecule has 1 fully saturated rings. The third kappa shape index (κ3) is 6.40. The van der Waals surface area contributed by atoms with Gasteiger partial charge in [0.15, 0.2) is 5.82 Å². The standard InChI is InChI=1S/C28H30F3N9O/c1-17-4-5-21(14-23(17)37-26-10-18(2)38-40(26)25-15-24(32-3)34-16-35-25)36-27(41)19-11-20(28(29,30)31)13-22(12-19)39-8-6-33-7-9-39/h4-5,10-16,33,37H,6-9H2,1-3H3,(H,36,41)(H,32,34,35). The van der Waals surface area contributed by atoms with Crippen molar-refractivity contribution < 1.29 is 18.0 Å². The van der Waals surface area contributed by atoms with Crippen LogP contribution in [0.4, 0.5) is 41.9 Å². The molecule has 2 aromatic carbocycles. The van der Waals surface area contributed by atoms with E-state index < -0.39 is 17.6 Å². The van der Waals surface area contributed by atoms with E-state index in [1.807, 2.05) is 30.9 Å². The van der Waals surface area contributed by atoms with Crippen molar-refractivity contribution in [3.8, 4) is 5.82 Å². The normalized spacial score (nSPS) is 13.7. The van der Waals surface area contributed by atoms with Crippen molar-refractivity contribution in [2.45, 2.75) is 20.0 Å². The average Bonchev–Trinajstić information content (AvgIpc) is 3.34. The second-order valence-corrected chi connectivity index (χ2v) is 9.71. The number of nitrogens with zero attached hydrogens (tertiary/aromatic N) is 5. The monoisotopic (exact) mass is 565 g/mol. The van der Waals surface area contributed by atoms with Gasteiger partial charge in [-0.25, -0.2) is 9.97 Å². The summed E-state index contributed by atoms with van der Waals surface area (Å²) in [6.45, 7) is 6.17. The van der Waals surface area contributed by atoms with Gasteiger partial charge in [-0.3, -0.25) is 4.79 Å². The molecular weight excluding hydrogens is 535 g/mol. The zero-order valence-electron chi connectivity index (χ0n) is 22.8. The lowest BCUT2D eigenvalue weighted by Crippen LogP contribution is -2.43. The lowest BCUT2D eigenvalue weighted by atomic mass is 10.1. The summed E-state index contributed by atoms with van der Waals surface area (Å²) in [5.41, 5.74) is 2.17. The van der Waals surface area contributed by atoms with Crippen LogP contribution in [0.5, 0.6) is 0 Å². The van der Waals surface area contributed by atoms with Gasteiger partial charge < -0.3 is 26.2 Å². The first-order chi connectivity index (χ1) is 19.6. The number of benzene rings is 2. The van der Waals surface area contributed by atoms with Crippen LogP contribution in [0.2, 0.25) is 0 Å². The molecular formula is C28H30F3N9O. The summed E-state index contributed by atoms with van der Waals surface area (Å²) in [6.07, 6.45) is -3.15. The van der Waals surface area contributed by atoms with E-state index in [1.54, 1.807) is 29.9 Å². The van der Waals surface area contributed by atoms with Gasteiger partial charge in [0.1, 0.15) is 18.0 Å². The maximum absolute atomic E-state index is 13.7. The fourth-order valence-corrected chi connectivity index (χ4v) is 4.55. The van der Waals surface area contributed by atoms with Gasteiger partial charge in [0.05, 0.1) is 11.3 Å². The number of halogens is 3. The highest BCUT2D eigenvalue weighted by Crippen LogP contribution is 2.34. The summed E-state index contributed by atoms with van der Waals surface area (Å²) in [5, 5.41) is 16.8. The molecule has 13 heteroatoms. The molecule has 1 aliphatic heterocycles. The lowest BCUT2D eigenvalue weighted by molar-refractivity contribution is -0.137. The van der Waals surface area contributed by atoms with Crippen LogP contribution in [-0.4, -0.2) is 58.9 Å². The Bertz CT molecular complexity index is 1560. The molecule has 0 radical (unpaired) electrons. The molecule has 0 spiro atoms. The number of hydrogen-bond donors (Lipinski definition) is 4. The maximum atomic E-state index is 13.7. The summed E-state index contributed by atoms with van der Waals surface area (Å²) in [7, 11) is 1.76. The number of aromatic nitrogens is 4. The second-order valence-electron chi connectivity index (χ2n) is 9.71. The van der Waals surface area contributed by atoms with Crippen LogP contribution in [0.15, 0.2) is 54.9 Å². The summed E-state index contributed by atoms with van der Waals surface area (Å²) >= 11 is 0. The molecule has 2 aromatic heterocycles. The first-order valence-corrected chi connectivity index (χ1v) is 13.0. The number of amides is 1. The number of aryl methyl sites for hydroxylation is 2. The number of nitrogens with one attached hydrogen (secondary N) is 4. The molecule has 5 rings (SSSR count). The van der Waals surface area contributed by atoms with Crippen LogP contribution in [-0.2, 0) is 6.18 Å². The molecule has 10 nitrogen and oxygen atoms in total. The number of rotatable bonds is 7. The SMILES string of the molecule is CNc1cc(-n2nc(C)cc2Nc2cc(NC(=O)c3cc(N4CCNCC4)cc(C(F)(F)F)c3)ccc2C)ncn1. The van der Waals surface area contributed by atoms with Gasteiger partial charge in [0, 0.05) is 68.0 Å². The molecule has 0 aliphatic carbocycles. The highest BCUT2D eigenvalue weighted by atomic mass is 19.4. The molecule has 4 N–H and O–H groups in total. The minimum Gasteiger partial charge on any atom is -0.373 e.